The molecule has 2 aromatic heterocycles. The number of nitrogens with zero attached hydrogens (tertiary/aromatic N) is 3. The molecule has 0 spiro atoms. The van der Waals surface area contributed by atoms with E-state index in [1.165, 1.54) is 29.5 Å². The first-order valence-electron chi connectivity index (χ1n) is 9.92. The maximum atomic E-state index is 13.5. The van der Waals surface area contributed by atoms with Crippen molar-refractivity contribution in [1.82, 2.24) is 18.6 Å². The highest BCUT2D eigenvalue weighted by atomic mass is 35.5. The van der Waals surface area contributed by atoms with Gasteiger partial charge in [0.05, 0.1) is 28.0 Å². The number of benzene rings is 1. The molecule has 2 atom stereocenters. The molecule has 1 aromatic carbocycles. The molecule has 0 saturated carbocycles. The van der Waals surface area contributed by atoms with E-state index in [0.29, 0.717) is 0 Å². The monoisotopic (exact) mass is 509 g/mol. The van der Waals surface area contributed by atoms with E-state index < -0.39 is 34.0 Å². The van der Waals surface area contributed by atoms with Gasteiger partial charge >= 0.3 is 0 Å². The third-order valence-electron chi connectivity index (χ3n) is 5.13. The number of aromatic nitrogens is 2. The van der Waals surface area contributed by atoms with E-state index in [2.05, 4.69) is 21.6 Å². The summed E-state index contributed by atoms with van der Waals surface area (Å²) in [6, 6.07) is 5.86. The number of anilines is 1. The summed E-state index contributed by atoms with van der Waals surface area (Å²) >= 11 is 7.21. The van der Waals surface area contributed by atoms with Gasteiger partial charge in [-0.25, -0.2) is 9.37 Å². The van der Waals surface area contributed by atoms with Crippen molar-refractivity contribution in [2.24, 2.45) is 7.05 Å². The second-order valence-electron chi connectivity index (χ2n) is 7.53. The number of hydrogen-bond acceptors (Lipinski definition) is 5. The molecule has 1 aliphatic heterocycles. The van der Waals surface area contributed by atoms with E-state index in [9.17, 15) is 17.6 Å². The summed E-state index contributed by atoms with van der Waals surface area (Å²) in [7, 11) is -2.12. The van der Waals surface area contributed by atoms with Crippen molar-refractivity contribution in [3.8, 4) is 10.6 Å². The number of amides is 1. The summed E-state index contributed by atoms with van der Waals surface area (Å²) in [5, 5.41) is 2.50. The van der Waals surface area contributed by atoms with Crippen LogP contribution in [0.15, 0.2) is 55.5 Å². The van der Waals surface area contributed by atoms with Gasteiger partial charge in [-0.15, -0.1) is 17.9 Å². The number of carbonyl (C=O) groups excluding carboxylic acids is 1. The number of rotatable bonds is 6. The van der Waals surface area contributed by atoms with Crippen molar-refractivity contribution in [2.75, 3.05) is 11.9 Å². The highest BCUT2D eigenvalue weighted by Gasteiger charge is 2.42. The molecule has 12 heteroatoms. The highest BCUT2D eigenvalue weighted by molar-refractivity contribution is 7.87. The van der Waals surface area contributed by atoms with Crippen LogP contribution in [0.2, 0.25) is 5.02 Å². The minimum absolute atomic E-state index is 0.0477. The number of halogens is 2. The Kier molecular flexibility index (Phi) is 6.68. The molecule has 0 aliphatic carbocycles. The molecule has 0 unspecified atom stereocenters. The molecule has 0 bridgehead atoms. The molecule has 174 valence electrons. The fourth-order valence-corrected chi connectivity index (χ4v) is 6.41. The third kappa shape index (κ3) is 5.02. The largest absolute Gasteiger partial charge is 0.340 e. The summed E-state index contributed by atoms with van der Waals surface area (Å²) < 4.78 is 45.0. The molecule has 3 aromatic rings. The van der Waals surface area contributed by atoms with Crippen LogP contribution in [0.4, 0.5) is 10.1 Å². The standard InChI is InChI=1S/C21H21ClFN5O3S2/c1-3-8-28-18(21(29)25-13-4-5-15(23)14(22)9-13)10-16(26-33(28,30)31)19-6-7-20(32-19)17-11-27(2)12-24-17/h3-7,9,11-12,16,18,26H,1,8,10H2,2H3,(H,25,29)/t16-,18+/m0/s1. The van der Waals surface area contributed by atoms with Crippen LogP contribution in [-0.4, -0.2) is 40.8 Å². The second kappa shape index (κ2) is 9.35. The van der Waals surface area contributed by atoms with Gasteiger partial charge in [0, 0.05) is 30.4 Å². The van der Waals surface area contributed by atoms with Gasteiger partial charge in [-0.1, -0.05) is 17.7 Å². The minimum Gasteiger partial charge on any atom is -0.340 e. The van der Waals surface area contributed by atoms with E-state index in [4.69, 9.17) is 11.6 Å². The normalized spacial score (nSPS) is 20.5. The van der Waals surface area contributed by atoms with E-state index >= 15 is 0 Å². The van der Waals surface area contributed by atoms with Gasteiger partial charge in [0.1, 0.15) is 11.9 Å². The third-order valence-corrected chi connectivity index (χ3v) is 8.25. The Morgan fingerprint density at radius 1 is 1.42 bits per heavy atom. The molecule has 1 fully saturated rings. The maximum absolute atomic E-state index is 13.5. The van der Waals surface area contributed by atoms with Gasteiger partial charge < -0.3 is 9.88 Å². The summed E-state index contributed by atoms with van der Waals surface area (Å²) in [5.74, 6) is -1.16. The van der Waals surface area contributed by atoms with Crippen LogP contribution >= 0.6 is 22.9 Å². The van der Waals surface area contributed by atoms with Crippen molar-refractivity contribution in [1.29, 1.82) is 0 Å². The van der Waals surface area contributed by atoms with Crippen molar-refractivity contribution in [2.45, 2.75) is 18.5 Å². The molecular formula is C21H21ClFN5O3S2. The highest BCUT2D eigenvalue weighted by Crippen LogP contribution is 2.36. The lowest BCUT2D eigenvalue weighted by atomic mass is 10.0. The van der Waals surface area contributed by atoms with Gasteiger partial charge in [-0.05, 0) is 36.8 Å². The zero-order valence-corrected chi connectivity index (χ0v) is 19.9. The van der Waals surface area contributed by atoms with E-state index in [0.717, 1.165) is 25.8 Å². The topological polar surface area (TPSA) is 96.3 Å². The Bertz CT molecular complexity index is 1310. The lowest BCUT2D eigenvalue weighted by Gasteiger charge is -2.37. The fraction of sp³-hybridized carbons (Fsp3) is 0.238. The average Bonchev–Trinajstić information content (AvgIpc) is 3.41. The van der Waals surface area contributed by atoms with E-state index in [-0.39, 0.29) is 23.7 Å². The number of thiophene rings is 1. The zero-order chi connectivity index (χ0) is 23.8. The predicted molar refractivity (Wildman–Crippen MR) is 127 cm³/mol. The molecule has 1 amide bonds. The van der Waals surface area contributed by atoms with Crippen LogP contribution in [0.1, 0.15) is 17.3 Å². The SMILES string of the molecule is C=CCN1[C@@H](C(=O)Nc2ccc(F)c(Cl)c2)C[C@@H](c2ccc(-c3cn(C)cn3)s2)NS1(=O)=O. The summed E-state index contributed by atoms with van der Waals surface area (Å²) in [4.78, 5) is 19.1. The Labute approximate surface area is 199 Å². The minimum atomic E-state index is -3.98. The lowest BCUT2D eigenvalue weighted by Crippen LogP contribution is -2.57. The number of hydrogen-bond donors (Lipinski definition) is 2. The van der Waals surface area contributed by atoms with Crippen LogP contribution in [-0.2, 0) is 22.1 Å². The Balaban J connectivity index is 1.61. The Morgan fingerprint density at radius 3 is 2.88 bits per heavy atom. The average molecular weight is 510 g/mol. The smallest absolute Gasteiger partial charge is 0.281 e. The molecule has 0 radical (unpaired) electrons. The number of imidazole rings is 1. The van der Waals surface area contributed by atoms with Crippen molar-refractivity contribution < 1.29 is 17.6 Å². The first kappa shape index (κ1) is 23.6. The van der Waals surface area contributed by atoms with Crippen LogP contribution in [0.3, 0.4) is 0 Å². The fourth-order valence-electron chi connectivity index (χ4n) is 3.59. The summed E-state index contributed by atoms with van der Waals surface area (Å²) in [6.45, 7) is 3.56. The van der Waals surface area contributed by atoms with E-state index in [1.807, 2.05) is 29.9 Å². The van der Waals surface area contributed by atoms with Crippen LogP contribution < -0.4 is 10.0 Å². The van der Waals surface area contributed by atoms with Gasteiger partial charge in [0.2, 0.25) is 5.91 Å². The summed E-state index contributed by atoms with van der Waals surface area (Å²) in [6.07, 6.45) is 5.17. The van der Waals surface area contributed by atoms with Crippen LogP contribution in [0, 0.1) is 5.82 Å². The van der Waals surface area contributed by atoms with Gasteiger partial charge in [-0.3, -0.25) is 4.79 Å². The molecular weight excluding hydrogens is 489 g/mol. The zero-order valence-electron chi connectivity index (χ0n) is 17.5. The maximum Gasteiger partial charge on any atom is 0.281 e. The van der Waals surface area contributed by atoms with Gasteiger partial charge in [0.25, 0.3) is 10.2 Å². The molecule has 4 rings (SSSR count). The molecule has 3 heterocycles. The van der Waals surface area contributed by atoms with Crippen LogP contribution in [0.25, 0.3) is 10.6 Å². The molecule has 1 saturated heterocycles. The predicted octanol–water partition coefficient (Wildman–Crippen LogP) is 3.72. The molecule has 8 nitrogen and oxygen atoms in total. The first-order valence-corrected chi connectivity index (χ1v) is 12.6. The first-order chi connectivity index (χ1) is 15.7. The quantitative estimate of drug-likeness (QED) is 0.495. The second-order valence-corrected chi connectivity index (χ2v) is 10.7. The Morgan fingerprint density at radius 2 is 2.21 bits per heavy atom. The molecule has 1 aliphatic rings. The number of carbonyl (C=O) groups is 1. The van der Waals surface area contributed by atoms with Crippen molar-refractivity contribution in [3.05, 3.63) is 71.2 Å². The molecule has 33 heavy (non-hydrogen) atoms. The van der Waals surface area contributed by atoms with Gasteiger partial charge in [-0.2, -0.15) is 17.4 Å². The van der Waals surface area contributed by atoms with Crippen LogP contribution in [0.5, 0.6) is 0 Å². The number of nitrogens with one attached hydrogen (secondary N) is 2. The van der Waals surface area contributed by atoms with Gasteiger partial charge in [0.15, 0.2) is 0 Å². The van der Waals surface area contributed by atoms with E-state index in [1.54, 1.807) is 6.33 Å². The lowest BCUT2D eigenvalue weighted by molar-refractivity contribution is -0.120. The number of aryl methyl sites for hydroxylation is 1. The van der Waals surface area contributed by atoms with Crippen molar-refractivity contribution >= 4 is 44.7 Å². The summed E-state index contributed by atoms with van der Waals surface area (Å²) in [5.41, 5.74) is 1.05. The molecule has 2 N–H and O–H groups in total. The Hall–Kier alpha value is -2.57. The van der Waals surface area contributed by atoms with Crippen molar-refractivity contribution in [3.63, 3.8) is 0 Å².